The first-order chi connectivity index (χ1) is 11.8. The van der Waals surface area contributed by atoms with Gasteiger partial charge in [-0.2, -0.15) is 0 Å². The quantitative estimate of drug-likeness (QED) is 0.798. The van der Waals surface area contributed by atoms with Crippen LogP contribution in [0, 0.1) is 0 Å². The summed E-state index contributed by atoms with van der Waals surface area (Å²) in [5.74, 6) is 0.888. The Bertz CT molecular complexity index is 819. The van der Waals surface area contributed by atoms with Crippen LogP contribution in [0.25, 0.3) is 16.9 Å². The molecule has 3 aromatic rings. The first kappa shape index (κ1) is 15.1. The highest BCUT2D eigenvalue weighted by Gasteiger charge is 2.15. The second kappa shape index (κ2) is 6.61. The van der Waals surface area contributed by atoms with Crippen molar-refractivity contribution in [1.29, 1.82) is 0 Å². The molecule has 0 bridgehead atoms. The maximum atomic E-state index is 5.42. The number of ether oxygens (including phenoxy) is 1. The van der Waals surface area contributed by atoms with Gasteiger partial charge in [-0.05, 0) is 37.0 Å². The molecular weight excluding hydrogens is 300 g/mol. The van der Waals surface area contributed by atoms with Gasteiger partial charge in [-0.3, -0.25) is 0 Å². The molecule has 0 radical (unpaired) electrons. The lowest BCUT2D eigenvalue weighted by Gasteiger charge is -2.23. The monoisotopic (exact) mass is 322 g/mol. The first-order valence-corrected chi connectivity index (χ1v) is 8.62. The number of fused-ring (bicyclic) bond motifs is 1. The Hall–Kier alpha value is -2.40. The van der Waals surface area contributed by atoms with Crippen LogP contribution in [0.5, 0.6) is 0 Å². The highest BCUT2D eigenvalue weighted by molar-refractivity contribution is 5.64. The number of imidazole rings is 1. The van der Waals surface area contributed by atoms with Crippen LogP contribution in [0.15, 0.2) is 42.6 Å². The smallest absolute Gasteiger partial charge is 0.154 e. The van der Waals surface area contributed by atoms with E-state index < -0.39 is 0 Å². The number of nitrogens with zero attached hydrogens (tertiary/aromatic N) is 3. The number of aryl methyl sites for hydroxylation is 1. The van der Waals surface area contributed by atoms with Gasteiger partial charge in [0.15, 0.2) is 5.65 Å². The van der Waals surface area contributed by atoms with Gasteiger partial charge < -0.3 is 10.1 Å². The fourth-order valence-electron chi connectivity index (χ4n) is 3.11. The standard InChI is InChI=1S/C19H22N4O/c1-2-14-3-5-15(6-4-14)17-13-20-19-8-7-18(22-23(17)19)21-16-9-11-24-12-10-16/h3-8,13,16H,2,9-12H2,1H3,(H,21,22). The lowest BCUT2D eigenvalue weighted by Crippen LogP contribution is -2.28. The summed E-state index contributed by atoms with van der Waals surface area (Å²) < 4.78 is 7.33. The lowest BCUT2D eigenvalue weighted by molar-refractivity contribution is 0.0903. The van der Waals surface area contributed by atoms with Crippen LogP contribution in [-0.2, 0) is 11.2 Å². The van der Waals surface area contributed by atoms with E-state index in [4.69, 9.17) is 9.84 Å². The van der Waals surface area contributed by atoms with Gasteiger partial charge in [0.25, 0.3) is 0 Å². The topological polar surface area (TPSA) is 51.5 Å². The van der Waals surface area contributed by atoms with Crippen molar-refractivity contribution in [3.8, 4) is 11.3 Å². The minimum absolute atomic E-state index is 0.430. The van der Waals surface area contributed by atoms with Crippen LogP contribution in [0.2, 0.25) is 0 Å². The van der Waals surface area contributed by atoms with Crippen LogP contribution in [0.3, 0.4) is 0 Å². The molecule has 3 heterocycles. The van der Waals surface area contributed by atoms with Gasteiger partial charge in [-0.25, -0.2) is 9.50 Å². The molecule has 2 aromatic heterocycles. The maximum Gasteiger partial charge on any atom is 0.154 e. The molecule has 1 saturated heterocycles. The minimum atomic E-state index is 0.430. The van der Waals surface area contributed by atoms with E-state index in [0.717, 1.165) is 55.2 Å². The highest BCUT2D eigenvalue weighted by atomic mass is 16.5. The predicted octanol–water partition coefficient (Wildman–Crippen LogP) is 3.55. The highest BCUT2D eigenvalue weighted by Crippen LogP contribution is 2.22. The normalized spacial score (nSPS) is 15.7. The Kier molecular flexibility index (Phi) is 4.17. The van der Waals surface area contributed by atoms with Crippen molar-refractivity contribution in [2.45, 2.75) is 32.2 Å². The fourth-order valence-corrected chi connectivity index (χ4v) is 3.11. The van der Waals surface area contributed by atoms with E-state index in [-0.39, 0.29) is 0 Å². The molecule has 5 heteroatoms. The number of nitrogens with one attached hydrogen (secondary N) is 1. The summed E-state index contributed by atoms with van der Waals surface area (Å²) in [7, 11) is 0. The van der Waals surface area contributed by atoms with E-state index in [2.05, 4.69) is 41.5 Å². The van der Waals surface area contributed by atoms with Crippen molar-refractivity contribution < 1.29 is 4.74 Å². The number of anilines is 1. The Labute approximate surface area is 141 Å². The summed E-state index contributed by atoms with van der Waals surface area (Å²) in [6.45, 7) is 3.80. The van der Waals surface area contributed by atoms with Crippen molar-refractivity contribution in [1.82, 2.24) is 14.6 Å². The number of benzene rings is 1. The second-order valence-electron chi connectivity index (χ2n) is 6.21. The molecule has 4 rings (SSSR count). The van der Waals surface area contributed by atoms with Crippen molar-refractivity contribution in [2.75, 3.05) is 18.5 Å². The summed E-state index contributed by atoms with van der Waals surface area (Å²) in [4.78, 5) is 4.48. The van der Waals surface area contributed by atoms with Gasteiger partial charge in [0.1, 0.15) is 5.82 Å². The average Bonchev–Trinajstić information content (AvgIpc) is 3.06. The molecule has 0 unspecified atom stereocenters. The SMILES string of the molecule is CCc1ccc(-c2cnc3ccc(NC4CCOCC4)nn23)cc1. The molecule has 1 N–H and O–H groups in total. The number of hydrogen-bond acceptors (Lipinski definition) is 4. The Morgan fingerprint density at radius 3 is 2.67 bits per heavy atom. The molecule has 1 aliphatic heterocycles. The van der Waals surface area contributed by atoms with E-state index in [9.17, 15) is 0 Å². The first-order valence-electron chi connectivity index (χ1n) is 8.62. The lowest BCUT2D eigenvalue weighted by atomic mass is 10.1. The van der Waals surface area contributed by atoms with Crippen molar-refractivity contribution in [3.63, 3.8) is 0 Å². The number of hydrogen-bond donors (Lipinski definition) is 1. The molecule has 1 fully saturated rings. The number of aromatic nitrogens is 3. The molecule has 1 aliphatic rings. The van der Waals surface area contributed by atoms with E-state index >= 15 is 0 Å². The summed E-state index contributed by atoms with van der Waals surface area (Å²) >= 11 is 0. The van der Waals surface area contributed by atoms with Gasteiger partial charge in [-0.1, -0.05) is 31.2 Å². The molecule has 124 valence electrons. The Balaban J connectivity index is 1.64. The van der Waals surface area contributed by atoms with Gasteiger partial charge in [0, 0.05) is 24.8 Å². The largest absolute Gasteiger partial charge is 0.381 e. The molecule has 0 aliphatic carbocycles. The summed E-state index contributed by atoms with van der Waals surface area (Å²) in [6, 6.07) is 13.1. The van der Waals surface area contributed by atoms with Gasteiger partial charge in [0.05, 0.1) is 11.9 Å². The van der Waals surface area contributed by atoms with Crippen LogP contribution in [0.4, 0.5) is 5.82 Å². The van der Waals surface area contributed by atoms with Crippen molar-refractivity contribution >= 4 is 11.5 Å². The van der Waals surface area contributed by atoms with Crippen LogP contribution < -0.4 is 5.32 Å². The Morgan fingerprint density at radius 2 is 1.92 bits per heavy atom. The minimum Gasteiger partial charge on any atom is -0.381 e. The van der Waals surface area contributed by atoms with Crippen LogP contribution in [-0.4, -0.2) is 33.9 Å². The van der Waals surface area contributed by atoms with Gasteiger partial charge in [0.2, 0.25) is 0 Å². The van der Waals surface area contributed by atoms with Crippen molar-refractivity contribution in [3.05, 3.63) is 48.2 Å². The molecule has 5 nitrogen and oxygen atoms in total. The zero-order valence-electron chi connectivity index (χ0n) is 13.9. The molecule has 0 atom stereocenters. The van der Waals surface area contributed by atoms with Gasteiger partial charge in [-0.15, -0.1) is 5.10 Å². The third-order valence-corrected chi connectivity index (χ3v) is 4.59. The molecule has 0 amide bonds. The molecule has 24 heavy (non-hydrogen) atoms. The number of rotatable bonds is 4. The maximum absolute atomic E-state index is 5.42. The zero-order chi connectivity index (χ0) is 16.4. The summed E-state index contributed by atoms with van der Waals surface area (Å²) in [5.41, 5.74) is 4.35. The zero-order valence-corrected chi connectivity index (χ0v) is 13.9. The van der Waals surface area contributed by atoms with E-state index in [1.54, 1.807) is 0 Å². The molecule has 1 aromatic carbocycles. The van der Waals surface area contributed by atoms with Crippen LogP contribution in [0.1, 0.15) is 25.3 Å². The molecular formula is C19H22N4O. The predicted molar refractivity (Wildman–Crippen MR) is 95.3 cm³/mol. The Morgan fingerprint density at radius 1 is 1.12 bits per heavy atom. The third kappa shape index (κ3) is 2.99. The van der Waals surface area contributed by atoms with E-state index in [0.29, 0.717) is 6.04 Å². The fraction of sp³-hybridized carbons (Fsp3) is 0.368. The van der Waals surface area contributed by atoms with E-state index in [1.807, 2.05) is 22.8 Å². The molecule has 0 spiro atoms. The van der Waals surface area contributed by atoms with Crippen LogP contribution >= 0.6 is 0 Å². The second-order valence-corrected chi connectivity index (χ2v) is 6.21. The summed E-state index contributed by atoms with van der Waals surface area (Å²) in [6.07, 6.45) is 4.98. The molecule has 0 saturated carbocycles. The third-order valence-electron chi connectivity index (χ3n) is 4.59. The van der Waals surface area contributed by atoms with Crippen molar-refractivity contribution in [2.24, 2.45) is 0 Å². The van der Waals surface area contributed by atoms with E-state index in [1.165, 1.54) is 5.56 Å². The average molecular weight is 322 g/mol. The summed E-state index contributed by atoms with van der Waals surface area (Å²) in [5, 5.41) is 8.27. The van der Waals surface area contributed by atoms with Gasteiger partial charge >= 0.3 is 0 Å².